The molecule has 0 spiro atoms. The van der Waals surface area contributed by atoms with Crippen LogP contribution in [0.4, 0.5) is 18.3 Å². The van der Waals surface area contributed by atoms with Crippen LogP contribution in [-0.4, -0.2) is 59.9 Å². The Hall–Kier alpha value is -1.42. The van der Waals surface area contributed by atoms with Gasteiger partial charge in [0, 0.05) is 32.8 Å². The number of carbonyl (C=O) groups excluding carboxylic acids is 1. The van der Waals surface area contributed by atoms with Gasteiger partial charge in [0.25, 0.3) is 5.91 Å². The topological polar surface area (TPSA) is 58.6 Å². The molecule has 0 saturated carbocycles. The van der Waals surface area contributed by atoms with Gasteiger partial charge in [0.1, 0.15) is 6.10 Å². The average Bonchev–Trinajstić information content (AvgIpc) is 2.94. The summed E-state index contributed by atoms with van der Waals surface area (Å²) in [6, 6.07) is 0. The van der Waals surface area contributed by atoms with Gasteiger partial charge in [-0.2, -0.15) is 13.2 Å². The molecule has 2 aliphatic heterocycles. The van der Waals surface area contributed by atoms with Crippen molar-refractivity contribution in [2.75, 3.05) is 37.7 Å². The summed E-state index contributed by atoms with van der Waals surface area (Å²) in [4.78, 5) is 16.2. The van der Waals surface area contributed by atoms with Crippen LogP contribution < -0.4 is 4.90 Å². The summed E-state index contributed by atoms with van der Waals surface area (Å²) in [6.07, 6.45) is -2.50. The summed E-state index contributed by atoms with van der Waals surface area (Å²) in [5.74, 6) is 0.454. The van der Waals surface area contributed by atoms with Crippen LogP contribution in [0.2, 0.25) is 0 Å². The highest BCUT2D eigenvalue weighted by Crippen LogP contribution is 2.34. The van der Waals surface area contributed by atoms with Gasteiger partial charge in [-0.15, -0.1) is 10.2 Å². The molecule has 0 unspecified atom stereocenters. The number of rotatable bonds is 2. The predicted octanol–water partition coefficient (Wildman–Crippen LogP) is 2.41. The van der Waals surface area contributed by atoms with Gasteiger partial charge in [0.05, 0.1) is 0 Å². The molecule has 25 heavy (non-hydrogen) atoms. The van der Waals surface area contributed by atoms with Gasteiger partial charge < -0.3 is 14.5 Å². The molecular formula is C15H21F3N4O2S. The smallest absolute Gasteiger partial charge is 0.368 e. The molecule has 6 nitrogen and oxygen atoms in total. The first kappa shape index (κ1) is 18.4. The van der Waals surface area contributed by atoms with Crippen LogP contribution in [-0.2, 0) is 15.7 Å². The minimum absolute atomic E-state index is 0.0124. The molecule has 2 atom stereocenters. The summed E-state index contributed by atoms with van der Waals surface area (Å²) in [5.41, 5.74) is 0. The second-order valence-electron chi connectivity index (χ2n) is 6.54. The third kappa shape index (κ3) is 4.41. The first-order valence-electron chi connectivity index (χ1n) is 8.40. The zero-order chi connectivity index (χ0) is 18.0. The highest BCUT2D eigenvalue weighted by atomic mass is 32.1. The Morgan fingerprint density at radius 3 is 2.72 bits per heavy atom. The lowest BCUT2D eigenvalue weighted by atomic mass is 9.97. The van der Waals surface area contributed by atoms with E-state index in [4.69, 9.17) is 4.74 Å². The first-order valence-corrected chi connectivity index (χ1v) is 9.22. The molecule has 0 radical (unpaired) electrons. The number of hydrogen-bond donors (Lipinski definition) is 0. The van der Waals surface area contributed by atoms with E-state index in [0.29, 0.717) is 56.5 Å². The van der Waals surface area contributed by atoms with E-state index >= 15 is 0 Å². The number of anilines is 1. The van der Waals surface area contributed by atoms with E-state index in [9.17, 15) is 18.0 Å². The standard InChI is InChI=1S/C15H21F3N4O2S/c1-10-3-8-24-11(9-10)12(23)21-4-2-5-22(7-6-21)14-20-19-13(25-14)15(16,17)18/h10-11H,2-9H2,1H3/t10-,11-/m0/s1. The maximum atomic E-state index is 12.7. The lowest BCUT2D eigenvalue weighted by molar-refractivity contribution is -0.147. The Bertz CT molecular complexity index is 610. The predicted molar refractivity (Wildman–Crippen MR) is 86.5 cm³/mol. The molecule has 3 rings (SSSR count). The van der Waals surface area contributed by atoms with Crippen LogP contribution >= 0.6 is 11.3 Å². The first-order chi connectivity index (χ1) is 11.8. The largest absolute Gasteiger partial charge is 0.445 e. The summed E-state index contributed by atoms with van der Waals surface area (Å²) in [6.45, 7) is 4.74. The Labute approximate surface area is 148 Å². The van der Waals surface area contributed by atoms with Crippen molar-refractivity contribution in [3.63, 3.8) is 0 Å². The van der Waals surface area contributed by atoms with Crippen molar-refractivity contribution in [2.45, 2.75) is 38.5 Å². The fourth-order valence-corrected chi connectivity index (χ4v) is 3.89. The van der Waals surface area contributed by atoms with Crippen LogP contribution in [0.3, 0.4) is 0 Å². The van der Waals surface area contributed by atoms with Gasteiger partial charge in [-0.3, -0.25) is 4.79 Å². The van der Waals surface area contributed by atoms with E-state index in [-0.39, 0.29) is 11.0 Å². The maximum absolute atomic E-state index is 12.7. The molecule has 0 aliphatic carbocycles. The minimum atomic E-state index is -4.47. The fourth-order valence-electron chi connectivity index (χ4n) is 3.13. The van der Waals surface area contributed by atoms with E-state index in [1.54, 1.807) is 9.80 Å². The van der Waals surface area contributed by atoms with Gasteiger partial charge in [-0.05, 0) is 25.2 Å². The van der Waals surface area contributed by atoms with Gasteiger partial charge in [0.2, 0.25) is 10.1 Å². The Morgan fingerprint density at radius 1 is 1.24 bits per heavy atom. The highest BCUT2D eigenvalue weighted by Gasteiger charge is 2.37. The second kappa shape index (κ2) is 7.45. The number of carbonyl (C=O) groups is 1. The fraction of sp³-hybridized carbons (Fsp3) is 0.800. The third-order valence-electron chi connectivity index (χ3n) is 4.56. The monoisotopic (exact) mass is 378 g/mol. The van der Waals surface area contributed by atoms with Crippen molar-refractivity contribution in [3.05, 3.63) is 5.01 Å². The molecule has 1 aromatic heterocycles. The average molecular weight is 378 g/mol. The van der Waals surface area contributed by atoms with E-state index < -0.39 is 17.3 Å². The molecule has 10 heteroatoms. The zero-order valence-corrected chi connectivity index (χ0v) is 14.8. The molecule has 2 aliphatic rings. The highest BCUT2D eigenvalue weighted by molar-refractivity contribution is 7.15. The number of halogens is 3. The summed E-state index contributed by atoms with van der Waals surface area (Å²) < 4.78 is 43.6. The van der Waals surface area contributed by atoms with E-state index in [1.807, 2.05) is 0 Å². The minimum Gasteiger partial charge on any atom is -0.368 e. The summed E-state index contributed by atoms with van der Waals surface area (Å²) in [5, 5.41) is 6.21. The lowest BCUT2D eigenvalue weighted by Crippen LogP contribution is -2.44. The second-order valence-corrected chi connectivity index (χ2v) is 7.50. The molecule has 2 fully saturated rings. The van der Waals surface area contributed by atoms with Crippen LogP contribution in [0, 0.1) is 5.92 Å². The summed E-state index contributed by atoms with van der Waals surface area (Å²) >= 11 is 0.544. The van der Waals surface area contributed by atoms with Crippen LogP contribution in [0.5, 0.6) is 0 Å². The molecule has 0 aromatic carbocycles. The molecule has 140 valence electrons. The van der Waals surface area contributed by atoms with Gasteiger partial charge in [-0.25, -0.2) is 0 Å². The van der Waals surface area contributed by atoms with Crippen LogP contribution in [0.1, 0.15) is 31.2 Å². The molecule has 2 saturated heterocycles. The maximum Gasteiger partial charge on any atom is 0.445 e. The number of hydrogen-bond acceptors (Lipinski definition) is 6. The number of aromatic nitrogens is 2. The van der Waals surface area contributed by atoms with Crippen LogP contribution in [0.25, 0.3) is 0 Å². The van der Waals surface area contributed by atoms with Crippen molar-refractivity contribution in [1.82, 2.24) is 15.1 Å². The van der Waals surface area contributed by atoms with Gasteiger partial charge in [-0.1, -0.05) is 18.3 Å². The Morgan fingerprint density at radius 2 is 2.04 bits per heavy atom. The van der Waals surface area contributed by atoms with Crippen LogP contribution in [0.15, 0.2) is 0 Å². The molecule has 1 aromatic rings. The molecule has 0 N–H and O–H groups in total. The Kier molecular flexibility index (Phi) is 5.47. The third-order valence-corrected chi connectivity index (χ3v) is 5.59. The van der Waals surface area contributed by atoms with Crippen molar-refractivity contribution in [1.29, 1.82) is 0 Å². The number of ether oxygens (including phenoxy) is 1. The molecule has 0 bridgehead atoms. The zero-order valence-electron chi connectivity index (χ0n) is 14.0. The van der Waals surface area contributed by atoms with E-state index in [2.05, 4.69) is 17.1 Å². The number of amides is 1. The van der Waals surface area contributed by atoms with E-state index in [1.165, 1.54) is 0 Å². The van der Waals surface area contributed by atoms with Crippen molar-refractivity contribution >= 4 is 22.4 Å². The lowest BCUT2D eigenvalue weighted by Gasteiger charge is -2.31. The number of alkyl halides is 3. The quantitative estimate of drug-likeness (QED) is 0.791. The Balaban J connectivity index is 1.60. The van der Waals surface area contributed by atoms with Gasteiger partial charge in [0.15, 0.2) is 0 Å². The molecule has 1 amide bonds. The molecule has 3 heterocycles. The normalized spacial score (nSPS) is 25.8. The van der Waals surface area contributed by atoms with Crippen molar-refractivity contribution < 1.29 is 22.7 Å². The van der Waals surface area contributed by atoms with Gasteiger partial charge >= 0.3 is 6.18 Å². The molecular weight excluding hydrogens is 357 g/mol. The summed E-state index contributed by atoms with van der Waals surface area (Å²) in [7, 11) is 0. The van der Waals surface area contributed by atoms with Crippen molar-refractivity contribution in [2.24, 2.45) is 5.92 Å². The van der Waals surface area contributed by atoms with Crippen molar-refractivity contribution in [3.8, 4) is 0 Å². The number of nitrogens with zero attached hydrogens (tertiary/aromatic N) is 4. The SMILES string of the molecule is C[C@H]1CCO[C@H](C(=O)N2CCCN(c3nnc(C(F)(F)F)s3)CC2)C1. The van der Waals surface area contributed by atoms with E-state index in [0.717, 1.165) is 12.8 Å².